The van der Waals surface area contributed by atoms with E-state index >= 15 is 0 Å². The Morgan fingerprint density at radius 1 is 0.900 bits per heavy atom. The van der Waals surface area contributed by atoms with Crippen molar-refractivity contribution in [3.63, 3.8) is 0 Å². The summed E-state index contributed by atoms with van der Waals surface area (Å²) in [5.74, 6) is 0. The predicted molar refractivity (Wildman–Crippen MR) is 83.3 cm³/mol. The van der Waals surface area contributed by atoms with Crippen LogP contribution in [0.25, 0.3) is 0 Å². The van der Waals surface area contributed by atoms with Gasteiger partial charge in [-0.1, -0.05) is 74.5 Å². The third kappa shape index (κ3) is 2.77. The Labute approximate surface area is 121 Å². The minimum Gasteiger partial charge on any atom is -0.384 e. The molecule has 0 fully saturated rings. The highest BCUT2D eigenvalue weighted by atomic mass is 16.3. The smallest absolute Gasteiger partial charge is 0.0999 e. The summed E-state index contributed by atoms with van der Waals surface area (Å²) >= 11 is 0. The number of benzene rings is 2. The van der Waals surface area contributed by atoms with Gasteiger partial charge in [0.25, 0.3) is 0 Å². The van der Waals surface area contributed by atoms with E-state index in [0.717, 1.165) is 11.1 Å². The largest absolute Gasteiger partial charge is 0.384 e. The van der Waals surface area contributed by atoms with E-state index in [1.54, 1.807) is 0 Å². The Morgan fingerprint density at radius 2 is 1.40 bits per heavy atom. The van der Waals surface area contributed by atoms with Crippen molar-refractivity contribution in [2.24, 2.45) is 11.1 Å². The molecule has 0 aliphatic rings. The third-order valence-corrected chi connectivity index (χ3v) is 4.18. The molecule has 1 unspecified atom stereocenters. The lowest BCUT2D eigenvalue weighted by molar-refractivity contribution is -0.0687. The molecule has 0 aliphatic carbocycles. The number of hydrogen-bond acceptors (Lipinski definition) is 2. The molecular weight excluding hydrogens is 246 g/mol. The van der Waals surface area contributed by atoms with Gasteiger partial charge in [-0.3, -0.25) is 0 Å². The molecule has 0 aliphatic heterocycles. The molecule has 20 heavy (non-hydrogen) atoms. The van der Waals surface area contributed by atoms with Crippen molar-refractivity contribution in [3.8, 4) is 0 Å². The molecule has 2 heteroatoms. The molecule has 3 N–H and O–H groups in total. The van der Waals surface area contributed by atoms with Crippen molar-refractivity contribution >= 4 is 0 Å². The second-order valence-corrected chi connectivity index (χ2v) is 5.98. The van der Waals surface area contributed by atoms with Crippen LogP contribution >= 0.6 is 0 Å². The highest BCUT2D eigenvalue weighted by Crippen LogP contribution is 2.41. The SMILES string of the molecule is CC(C)(CN)C(O)(Cc1ccccc1)c1ccccc1. The van der Waals surface area contributed by atoms with Crippen molar-refractivity contribution in [1.29, 1.82) is 0 Å². The van der Waals surface area contributed by atoms with Gasteiger partial charge in [-0.05, 0) is 11.1 Å². The second kappa shape index (κ2) is 5.78. The van der Waals surface area contributed by atoms with E-state index in [-0.39, 0.29) is 0 Å². The summed E-state index contributed by atoms with van der Waals surface area (Å²) in [6.07, 6.45) is 0.558. The van der Waals surface area contributed by atoms with Crippen LogP contribution in [0.3, 0.4) is 0 Å². The van der Waals surface area contributed by atoms with Crippen molar-refractivity contribution in [3.05, 3.63) is 71.8 Å². The average Bonchev–Trinajstić information content (AvgIpc) is 2.49. The van der Waals surface area contributed by atoms with Crippen molar-refractivity contribution in [1.82, 2.24) is 0 Å². The van der Waals surface area contributed by atoms with Gasteiger partial charge in [0.1, 0.15) is 0 Å². The molecular formula is C18H23NO. The van der Waals surface area contributed by atoms with Gasteiger partial charge in [0.15, 0.2) is 0 Å². The van der Waals surface area contributed by atoms with Gasteiger partial charge >= 0.3 is 0 Å². The van der Waals surface area contributed by atoms with E-state index in [0.29, 0.717) is 13.0 Å². The first-order valence-electron chi connectivity index (χ1n) is 7.01. The summed E-state index contributed by atoms with van der Waals surface area (Å²) in [5, 5.41) is 11.4. The van der Waals surface area contributed by atoms with Crippen LogP contribution in [0.4, 0.5) is 0 Å². The Kier molecular flexibility index (Phi) is 4.26. The van der Waals surface area contributed by atoms with E-state index < -0.39 is 11.0 Å². The molecule has 2 rings (SSSR count). The molecule has 2 aromatic carbocycles. The molecule has 0 amide bonds. The van der Waals surface area contributed by atoms with Gasteiger partial charge in [0.2, 0.25) is 0 Å². The topological polar surface area (TPSA) is 46.2 Å². The maximum atomic E-state index is 11.4. The number of aliphatic hydroxyl groups is 1. The Bertz CT molecular complexity index is 536. The van der Waals surface area contributed by atoms with Crippen LogP contribution in [0.1, 0.15) is 25.0 Å². The zero-order valence-electron chi connectivity index (χ0n) is 12.2. The van der Waals surface area contributed by atoms with E-state index in [2.05, 4.69) is 0 Å². The first-order valence-corrected chi connectivity index (χ1v) is 7.01. The number of hydrogen-bond donors (Lipinski definition) is 2. The maximum Gasteiger partial charge on any atom is 0.0999 e. The van der Waals surface area contributed by atoms with Crippen LogP contribution in [0.5, 0.6) is 0 Å². The average molecular weight is 269 g/mol. The van der Waals surface area contributed by atoms with Crippen LogP contribution < -0.4 is 5.73 Å². The zero-order chi connectivity index (χ0) is 14.6. The van der Waals surface area contributed by atoms with Crippen LogP contribution in [-0.2, 0) is 12.0 Å². The molecule has 0 saturated carbocycles. The molecule has 0 saturated heterocycles. The fraction of sp³-hybridized carbons (Fsp3) is 0.333. The van der Waals surface area contributed by atoms with Crippen LogP contribution in [-0.4, -0.2) is 11.7 Å². The fourth-order valence-electron chi connectivity index (χ4n) is 2.51. The van der Waals surface area contributed by atoms with Crippen LogP contribution in [0, 0.1) is 5.41 Å². The van der Waals surface area contributed by atoms with Crippen molar-refractivity contribution < 1.29 is 5.11 Å². The summed E-state index contributed by atoms with van der Waals surface area (Å²) in [6, 6.07) is 19.9. The normalized spacial score (nSPS) is 14.8. The molecule has 2 aromatic rings. The number of rotatable bonds is 5. The van der Waals surface area contributed by atoms with E-state index in [1.165, 1.54) is 0 Å². The third-order valence-electron chi connectivity index (χ3n) is 4.18. The summed E-state index contributed by atoms with van der Waals surface area (Å²) in [4.78, 5) is 0. The van der Waals surface area contributed by atoms with Gasteiger partial charge in [-0.25, -0.2) is 0 Å². The molecule has 106 valence electrons. The highest BCUT2D eigenvalue weighted by molar-refractivity contribution is 5.29. The monoisotopic (exact) mass is 269 g/mol. The summed E-state index contributed by atoms with van der Waals surface area (Å²) < 4.78 is 0. The molecule has 0 bridgehead atoms. The minimum atomic E-state index is -0.982. The zero-order valence-corrected chi connectivity index (χ0v) is 12.2. The van der Waals surface area contributed by atoms with Gasteiger partial charge < -0.3 is 10.8 Å². The quantitative estimate of drug-likeness (QED) is 0.876. The van der Waals surface area contributed by atoms with E-state index in [9.17, 15) is 5.11 Å². The number of nitrogens with two attached hydrogens (primary N) is 1. The van der Waals surface area contributed by atoms with Crippen molar-refractivity contribution in [2.45, 2.75) is 25.9 Å². The molecule has 1 atom stereocenters. The molecule has 0 heterocycles. The first kappa shape index (κ1) is 14.8. The molecule has 2 nitrogen and oxygen atoms in total. The lowest BCUT2D eigenvalue weighted by Gasteiger charge is -2.43. The van der Waals surface area contributed by atoms with Crippen LogP contribution in [0.2, 0.25) is 0 Å². The maximum absolute atomic E-state index is 11.4. The Balaban J connectivity index is 2.45. The van der Waals surface area contributed by atoms with Crippen LogP contribution in [0.15, 0.2) is 60.7 Å². The Morgan fingerprint density at radius 3 is 1.90 bits per heavy atom. The van der Waals surface area contributed by atoms with Gasteiger partial charge in [0, 0.05) is 18.4 Å². The summed E-state index contributed by atoms with van der Waals surface area (Å²) in [6.45, 7) is 4.46. The van der Waals surface area contributed by atoms with Gasteiger partial charge in [-0.15, -0.1) is 0 Å². The van der Waals surface area contributed by atoms with E-state index in [4.69, 9.17) is 5.73 Å². The van der Waals surface area contributed by atoms with Gasteiger partial charge in [0.05, 0.1) is 5.60 Å². The summed E-state index contributed by atoms with van der Waals surface area (Å²) in [5.41, 5.74) is 6.56. The lowest BCUT2D eigenvalue weighted by Crippen LogP contribution is -2.48. The Hall–Kier alpha value is -1.64. The lowest BCUT2D eigenvalue weighted by atomic mass is 9.68. The molecule has 0 aromatic heterocycles. The minimum absolute atomic E-state index is 0.413. The van der Waals surface area contributed by atoms with Gasteiger partial charge in [-0.2, -0.15) is 0 Å². The first-order chi connectivity index (χ1) is 9.49. The second-order valence-electron chi connectivity index (χ2n) is 5.98. The fourth-order valence-corrected chi connectivity index (χ4v) is 2.51. The highest BCUT2D eigenvalue weighted by Gasteiger charge is 2.43. The van der Waals surface area contributed by atoms with E-state index in [1.807, 2.05) is 74.5 Å². The van der Waals surface area contributed by atoms with Crippen molar-refractivity contribution in [2.75, 3.05) is 6.54 Å². The standard InChI is InChI=1S/C18H23NO/c1-17(2,14-19)18(20,16-11-7-4-8-12-16)13-15-9-5-3-6-10-15/h3-12,20H,13-14,19H2,1-2H3. The molecule has 0 spiro atoms. The predicted octanol–water partition coefficient (Wildman–Crippen LogP) is 3.10. The summed E-state index contributed by atoms with van der Waals surface area (Å²) in [7, 11) is 0. The molecule has 0 radical (unpaired) electrons.